The van der Waals surface area contributed by atoms with E-state index >= 15 is 0 Å². The predicted molar refractivity (Wildman–Crippen MR) is 128 cm³/mol. The third kappa shape index (κ3) is 4.61. The minimum atomic E-state index is -0.672. The Morgan fingerprint density at radius 2 is 1.84 bits per heavy atom. The topological polar surface area (TPSA) is 83.0 Å². The van der Waals surface area contributed by atoms with Gasteiger partial charge in [0.2, 0.25) is 0 Å². The highest BCUT2D eigenvalue weighted by Crippen LogP contribution is 2.21. The summed E-state index contributed by atoms with van der Waals surface area (Å²) >= 11 is 0. The highest BCUT2D eigenvalue weighted by atomic mass is 19.1. The molecule has 0 aliphatic rings. The van der Waals surface area contributed by atoms with Gasteiger partial charge in [0.25, 0.3) is 0 Å². The number of allylic oxidation sites excluding steroid dienone is 1. The molecule has 0 unspecified atom stereocenters. The number of fused-ring (bicyclic) bond motifs is 3. The number of nitrogens with zero attached hydrogens (tertiary/aromatic N) is 2. The summed E-state index contributed by atoms with van der Waals surface area (Å²) in [7, 11) is 0. The maximum absolute atomic E-state index is 13.6. The zero-order valence-corrected chi connectivity index (χ0v) is 17.9. The van der Waals surface area contributed by atoms with Gasteiger partial charge in [-0.3, -0.25) is 4.79 Å². The zero-order chi connectivity index (χ0) is 22.5. The summed E-state index contributed by atoms with van der Waals surface area (Å²) in [5.41, 5.74) is 1.72. The van der Waals surface area contributed by atoms with Gasteiger partial charge in [-0.2, -0.15) is 5.10 Å². The van der Waals surface area contributed by atoms with Crippen LogP contribution in [0.1, 0.15) is 44.6 Å². The summed E-state index contributed by atoms with van der Waals surface area (Å²) in [6, 6.07) is 14.0. The van der Waals surface area contributed by atoms with Crippen LogP contribution >= 0.6 is 0 Å². The summed E-state index contributed by atoms with van der Waals surface area (Å²) in [4.78, 5) is 31.2. The lowest BCUT2D eigenvalue weighted by atomic mass is 10.0. The average Bonchev–Trinajstić information content (AvgIpc) is 3.15. The van der Waals surface area contributed by atoms with E-state index in [1.165, 1.54) is 18.2 Å². The predicted octanol–water partition coefficient (Wildman–Crippen LogP) is 5.20. The number of rotatable bonds is 8. The van der Waals surface area contributed by atoms with Crippen LogP contribution in [-0.4, -0.2) is 20.9 Å². The molecule has 0 saturated heterocycles. The van der Waals surface area contributed by atoms with Gasteiger partial charge < -0.3 is 9.97 Å². The van der Waals surface area contributed by atoms with E-state index in [2.05, 4.69) is 22.0 Å². The average molecular weight is 432 g/mol. The van der Waals surface area contributed by atoms with Gasteiger partial charge in [0, 0.05) is 10.9 Å². The van der Waals surface area contributed by atoms with Crippen molar-refractivity contribution < 1.29 is 4.39 Å². The van der Waals surface area contributed by atoms with Gasteiger partial charge in [-0.1, -0.05) is 62.6 Å². The summed E-state index contributed by atoms with van der Waals surface area (Å²) in [5, 5.41) is 4.66. The Bertz CT molecular complexity index is 1410. The van der Waals surface area contributed by atoms with Gasteiger partial charge in [0.05, 0.1) is 11.7 Å². The third-order valence-electron chi connectivity index (χ3n) is 5.40. The van der Waals surface area contributed by atoms with Crippen LogP contribution in [0.15, 0.2) is 68.8 Å². The highest BCUT2D eigenvalue weighted by molar-refractivity contribution is 6.04. The van der Waals surface area contributed by atoms with Crippen molar-refractivity contribution in [3.63, 3.8) is 0 Å². The highest BCUT2D eigenvalue weighted by Gasteiger charge is 2.13. The zero-order valence-electron chi connectivity index (χ0n) is 17.9. The Morgan fingerprint density at radius 3 is 2.62 bits per heavy atom. The minimum Gasteiger partial charge on any atom is -0.349 e. The molecule has 2 aromatic heterocycles. The van der Waals surface area contributed by atoms with Crippen LogP contribution in [0.25, 0.3) is 28.0 Å². The Kier molecular flexibility index (Phi) is 6.44. The number of nitrogens with one attached hydrogen (secondary N) is 2. The van der Waals surface area contributed by atoms with Gasteiger partial charge >= 0.3 is 11.2 Å². The lowest BCUT2D eigenvalue weighted by molar-refractivity contribution is 0.630. The number of H-pyrrole nitrogens is 2. The van der Waals surface area contributed by atoms with E-state index in [0.29, 0.717) is 10.9 Å². The molecule has 0 saturated carbocycles. The van der Waals surface area contributed by atoms with Crippen molar-refractivity contribution >= 4 is 34.2 Å². The van der Waals surface area contributed by atoms with E-state index in [1.54, 1.807) is 6.21 Å². The molecule has 6 nitrogen and oxygen atoms in total. The fourth-order valence-electron chi connectivity index (χ4n) is 3.74. The van der Waals surface area contributed by atoms with Crippen molar-refractivity contribution in [2.75, 3.05) is 0 Å². The molecule has 0 bridgehead atoms. The molecule has 0 radical (unpaired) electrons. The van der Waals surface area contributed by atoms with Gasteiger partial charge in [-0.25, -0.2) is 9.18 Å². The van der Waals surface area contributed by atoms with E-state index in [9.17, 15) is 14.0 Å². The molecule has 7 heteroatoms. The Balaban J connectivity index is 1.72. The molecule has 32 heavy (non-hydrogen) atoms. The number of benzene rings is 2. The summed E-state index contributed by atoms with van der Waals surface area (Å²) in [6.45, 7) is 2.16. The Morgan fingerprint density at radius 1 is 1.03 bits per heavy atom. The van der Waals surface area contributed by atoms with E-state index in [-0.39, 0.29) is 11.0 Å². The van der Waals surface area contributed by atoms with Crippen molar-refractivity contribution in [3.05, 3.63) is 86.3 Å². The summed E-state index contributed by atoms with van der Waals surface area (Å²) in [5.74, 6) is -0.444. The van der Waals surface area contributed by atoms with Crippen LogP contribution < -0.4 is 11.2 Å². The fourth-order valence-corrected chi connectivity index (χ4v) is 3.74. The number of unbranched alkanes of at least 4 members (excludes halogenated alkanes) is 3. The molecule has 0 atom stereocenters. The minimum absolute atomic E-state index is 0.180. The lowest BCUT2D eigenvalue weighted by Gasteiger charge is -2.04. The maximum atomic E-state index is 13.6. The molecule has 0 fully saturated rings. The number of aromatic nitrogens is 3. The SMILES string of the molecule is CCCCCCC(C=Nn1c(=O)[nH]c2c([nH]c3ccc(F)cc32)c1=O)=Cc1ccccc1. The van der Waals surface area contributed by atoms with Crippen molar-refractivity contribution in [2.45, 2.75) is 39.0 Å². The summed E-state index contributed by atoms with van der Waals surface area (Å²) in [6.07, 6.45) is 8.78. The van der Waals surface area contributed by atoms with Gasteiger partial charge in [-0.05, 0) is 42.2 Å². The van der Waals surface area contributed by atoms with Gasteiger partial charge in [0.1, 0.15) is 11.3 Å². The second kappa shape index (κ2) is 9.60. The van der Waals surface area contributed by atoms with Crippen molar-refractivity contribution in [1.82, 2.24) is 14.6 Å². The smallest absolute Gasteiger partial charge is 0.349 e. The van der Waals surface area contributed by atoms with Crippen LogP contribution in [0.2, 0.25) is 0 Å². The van der Waals surface area contributed by atoms with Crippen molar-refractivity contribution in [2.24, 2.45) is 5.10 Å². The maximum Gasteiger partial charge on any atom is 0.350 e. The third-order valence-corrected chi connectivity index (χ3v) is 5.40. The number of hydrogen-bond acceptors (Lipinski definition) is 3. The molecule has 0 aliphatic heterocycles. The quantitative estimate of drug-likeness (QED) is 0.296. The number of halogens is 1. The van der Waals surface area contributed by atoms with Crippen LogP contribution in [-0.2, 0) is 0 Å². The normalized spacial score (nSPS) is 12.4. The molecule has 0 amide bonds. The first kappa shape index (κ1) is 21.5. The first-order valence-electron chi connectivity index (χ1n) is 10.8. The standard InChI is InChI=1S/C25H25FN4O2/c1-2-3-4-6-11-18(14-17-9-7-5-8-10-17)16-27-30-24(31)23-22(29-25(30)32)20-15-19(26)12-13-21(20)28-23/h5,7-10,12-16,28H,2-4,6,11H2,1H3,(H,29,32). The van der Waals surface area contributed by atoms with E-state index in [1.807, 2.05) is 36.4 Å². The molecule has 164 valence electrons. The van der Waals surface area contributed by atoms with Crippen LogP contribution in [0.4, 0.5) is 4.39 Å². The van der Waals surface area contributed by atoms with Crippen molar-refractivity contribution in [3.8, 4) is 0 Å². The second-order valence-corrected chi connectivity index (χ2v) is 7.80. The van der Waals surface area contributed by atoms with Gasteiger partial charge in [-0.15, -0.1) is 4.68 Å². The van der Waals surface area contributed by atoms with Gasteiger partial charge in [0.15, 0.2) is 0 Å². The molecular weight excluding hydrogens is 407 g/mol. The van der Waals surface area contributed by atoms with E-state index < -0.39 is 17.1 Å². The molecule has 4 rings (SSSR count). The number of aromatic amines is 2. The second-order valence-electron chi connectivity index (χ2n) is 7.80. The monoisotopic (exact) mass is 432 g/mol. The number of hydrogen-bond donors (Lipinski definition) is 2. The fraction of sp³-hybridized carbons (Fsp3) is 0.240. The van der Waals surface area contributed by atoms with E-state index in [4.69, 9.17) is 0 Å². The first-order valence-corrected chi connectivity index (χ1v) is 10.8. The van der Waals surface area contributed by atoms with Crippen LogP contribution in [0.5, 0.6) is 0 Å². The van der Waals surface area contributed by atoms with Crippen LogP contribution in [0, 0.1) is 5.82 Å². The Hall–Kier alpha value is -3.74. The van der Waals surface area contributed by atoms with E-state index in [0.717, 1.165) is 47.9 Å². The molecule has 2 heterocycles. The summed E-state index contributed by atoms with van der Waals surface area (Å²) < 4.78 is 14.4. The Labute approximate surface area is 184 Å². The molecule has 4 aromatic rings. The molecular formula is C25H25FN4O2. The first-order chi connectivity index (χ1) is 15.6. The molecule has 2 aromatic carbocycles. The van der Waals surface area contributed by atoms with Crippen molar-refractivity contribution in [1.29, 1.82) is 0 Å². The largest absolute Gasteiger partial charge is 0.350 e. The van der Waals surface area contributed by atoms with Crippen LogP contribution in [0.3, 0.4) is 0 Å². The molecule has 0 aliphatic carbocycles. The lowest BCUT2D eigenvalue weighted by Crippen LogP contribution is -2.32. The molecule has 2 N–H and O–H groups in total. The molecule has 0 spiro atoms.